The van der Waals surface area contributed by atoms with E-state index in [0.717, 1.165) is 47.9 Å². The maximum atomic E-state index is 14.0. The number of likely N-dealkylation sites (tertiary alicyclic amines) is 1. The molecule has 2 aliphatic rings. The first-order valence-electron chi connectivity index (χ1n) is 11.2. The van der Waals surface area contributed by atoms with Crippen LogP contribution in [0.4, 0.5) is 4.39 Å². The largest absolute Gasteiger partial charge is 0.492 e. The highest BCUT2D eigenvalue weighted by molar-refractivity contribution is 7.10. The summed E-state index contributed by atoms with van der Waals surface area (Å²) in [5.74, 6) is 0.666. The van der Waals surface area contributed by atoms with Crippen molar-refractivity contribution in [2.45, 2.75) is 31.3 Å². The Morgan fingerprint density at radius 3 is 2.79 bits per heavy atom. The first-order valence-corrected chi connectivity index (χ1v) is 12.1. The van der Waals surface area contributed by atoms with Crippen LogP contribution in [0.3, 0.4) is 0 Å². The van der Waals surface area contributed by atoms with E-state index < -0.39 is 5.97 Å². The number of carboxylic acids is 1. The molecule has 1 N–H and O–H groups in total. The molecule has 5 rings (SSSR count). The molecule has 5 nitrogen and oxygen atoms in total. The van der Waals surface area contributed by atoms with Gasteiger partial charge in [0.2, 0.25) is 0 Å². The van der Waals surface area contributed by atoms with Gasteiger partial charge in [-0.05, 0) is 55.1 Å². The molecule has 1 saturated heterocycles. The number of fused-ring (bicyclic) bond motifs is 2. The highest BCUT2D eigenvalue weighted by Crippen LogP contribution is 2.46. The van der Waals surface area contributed by atoms with Gasteiger partial charge in [-0.15, -0.1) is 11.3 Å². The standard InChI is InChI=1S/C26H26FNO4S/c27-23-4-2-1-3-21(23)18-13-20(33-16-18)15-31-19-5-6-22-24(14-19)32-17-26(22)8-11-28(12-9-26)10-7-25(29)30/h1-6,13-14,16H,7-12,15,17H2,(H,29,30). The van der Waals surface area contributed by atoms with Gasteiger partial charge in [0.05, 0.1) is 13.0 Å². The molecule has 1 spiro atoms. The lowest BCUT2D eigenvalue weighted by Crippen LogP contribution is -2.44. The fraction of sp³-hybridized carbons (Fsp3) is 0.346. The number of carbonyl (C=O) groups is 1. The monoisotopic (exact) mass is 467 g/mol. The van der Waals surface area contributed by atoms with Crippen LogP contribution in [0.1, 0.15) is 29.7 Å². The predicted molar refractivity (Wildman–Crippen MR) is 126 cm³/mol. The van der Waals surface area contributed by atoms with E-state index in [1.54, 1.807) is 23.5 Å². The van der Waals surface area contributed by atoms with Crippen molar-refractivity contribution in [1.82, 2.24) is 4.90 Å². The van der Waals surface area contributed by atoms with Crippen LogP contribution < -0.4 is 9.47 Å². The second-order valence-electron chi connectivity index (χ2n) is 8.78. The van der Waals surface area contributed by atoms with Gasteiger partial charge in [0, 0.05) is 34.0 Å². The van der Waals surface area contributed by atoms with Crippen LogP contribution in [0, 0.1) is 5.82 Å². The number of halogens is 1. The minimum absolute atomic E-state index is 0.00992. The lowest BCUT2D eigenvalue weighted by Gasteiger charge is -2.38. The van der Waals surface area contributed by atoms with Crippen LogP contribution in [0.2, 0.25) is 0 Å². The first kappa shape index (κ1) is 21.9. The van der Waals surface area contributed by atoms with E-state index in [9.17, 15) is 9.18 Å². The Morgan fingerprint density at radius 2 is 2.00 bits per heavy atom. The zero-order valence-corrected chi connectivity index (χ0v) is 19.1. The number of aliphatic carboxylic acids is 1. The molecule has 3 aromatic rings. The molecule has 172 valence electrons. The average Bonchev–Trinajstić information content (AvgIpc) is 3.43. The summed E-state index contributed by atoms with van der Waals surface area (Å²) < 4.78 is 26.1. The van der Waals surface area contributed by atoms with Gasteiger partial charge in [0.25, 0.3) is 0 Å². The Bertz CT molecular complexity index is 1150. The minimum Gasteiger partial charge on any atom is -0.492 e. The fourth-order valence-electron chi connectivity index (χ4n) is 4.76. The van der Waals surface area contributed by atoms with Gasteiger partial charge >= 0.3 is 5.97 Å². The summed E-state index contributed by atoms with van der Waals surface area (Å²) in [5, 5.41) is 10.9. The predicted octanol–water partition coefficient (Wildman–Crippen LogP) is 5.33. The highest BCUT2D eigenvalue weighted by atomic mass is 32.1. The number of rotatable bonds is 7. The van der Waals surface area contributed by atoms with Gasteiger partial charge in [-0.25, -0.2) is 4.39 Å². The number of piperidine rings is 1. The van der Waals surface area contributed by atoms with Crippen LogP contribution in [-0.4, -0.2) is 42.2 Å². The second-order valence-corrected chi connectivity index (χ2v) is 9.78. The zero-order valence-electron chi connectivity index (χ0n) is 18.3. The first-order chi connectivity index (χ1) is 16.0. The van der Waals surface area contributed by atoms with Crippen molar-refractivity contribution >= 4 is 17.3 Å². The molecule has 0 unspecified atom stereocenters. The SMILES string of the molecule is O=C(O)CCN1CCC2(CC1)COc1cc(OCc3cc(-c4ccccc4F)cs3)ccc12. The molecule has 2 aromatic carbocycles. The summed E-state index contributed by atoms with van der Waals surface area (Å²) in [6.45, 7) is 3.46. The Labute approximate surface area is 196 Å². The number of hydrogen-bond acceptors (Lipinski definition) is 5. The van der Waals surface area contributed by atoms with Crippen LogP contribution in [0.15, 0.2) is 53.9 Å². The van der Waals surface area contributed by atoms with Crippen molar-refractivity contribution in [2.24, 2.45) is 0 Å². The van der Waals surface area contributed by atoms with E-state index in [1.807, 2.05) is 29.6 Å². The summed E-state index contributed by atoms with van der Waals surface area (Å²) in [7, 11) is 0. The van der Waals surface area contributed by atoms with E-state index in [2.05, 4.69) is 11.0 Å². The number of carboxylic acid groups (broad SMARTS) is 1. The normalized spacial score (nSPS) is 17.0. The molecule has 1 aromatic heterocycles. The molecule has 7 heteroatoms. The van der Waals surface area contributed by atoms with Crippen molar-refractivity contribution in [1.29, 1.82) is 0 Å². The lowest BCUT2D eigenvalue weighted by atomic mass is 9.74. The molecule has 33 heavy (non-hydrogen) atoms. The molecule has 1 fully saturated rings. The van der Waals surface area contributed by atoms with Gasteiger partial charge in [0.15, 0.2) is 0 Å². The Balaban J connectivity index is 1.21. The highest BCUT2D eigenvalue weighted by Gasteiger charge is 2.43. The Hall–Kier alpha value is -2.90. The third-order valence-electron chi connectivity index (χ3n) is 6.70. The minimum atomic E-state index is -0.747. The second kappa shape index (κ2) is 9.15. The van der Waals surface area contributed by atoms with E-state index >= 15 is 0 Å². The van der Waals surface area contributed by atoms with Gasteiger partial charge in [-0.1, -0.05) is 24.3 Å². The molecule has 2 aliphatic heterocycles. The third-order valence-corrected chi connectivity index (χ3v) is 7.61. The summed E-state index contributed by atoms with van der Waals surface area (Å²) in [6.07, 6.45) is 2.12. The van der Waals surface area contributed by atoms with E-state index in [1.165, 1.54) is 11.6 Å². The molecule has 0 amide bonds. The topological polar surface area (TPSA) is 59.0 Å². The summed E-state index contributed by atoms with van der Waals surface area (Å²) in [5.41, 5.74) is 2.71. The third kappa shape index (κ3) is 4.61. The number of hydrogen-bond donors (Lipinski definition) is 1. The summed E-state index contributed by atoms with van der Waals surface area (Å²) in [4.78, 5) is 14.1. The van der Waals surface area contributed by atoms with E-state index in [-0.39, 0.29) is 17.7 Å². The molecule has 0 bridgehead atoms. The smallest absolute Gasteiger partial charge is 0.304 e. The van der Waals surface area contributed by atoms with Gasteiger partial charge in [-0.3, -0.25) is 4.79 Å². The zero-order chi connectivity index (χ0) is 22.8. The number of ether oxygens (including phenoxy) is 2. The van der Waals surface area contributed by atoms with Crippen molar-refractivity contribution in [3.63, 3.8) is 0 Å². The lowest BCUT2D eigenvalue weighted by molar-refractivity contribution is -0.137. The number of thiophene rings is 1. The van der Waals surface area contributed by atoms with Crippen molar-refractivity contribution in [2.75, 3.05) is 26.2 Å². The molecule has 3 heterocycles. The average molecular weight is 468 g/mol. The molecule has 0 radical (unpaired) electrons. The van der Waals surface area contributed by atoms with Crippen molar-refractivity contribution in [3.05, 3.63) is 70.2 Å². The quantitative estimate of drug-likeness (QED) is 0.509. The number of nitrogens with zero attached hydrogens (tertiary/aromatic N) is 1. The van der Waals surface area contributed by atoms with Crippen molar-refractivity contribution in [3.8, 4) is 22.6 Å². The Kier molecular flexibility index (Phi) is 6.08. The molecule has 0 aliphatic carbocycles. The molecule has 0 saturated carbocycles. The van der Waals surface area contributed by atoms with Crippen molar-refractivity contribution < 1.29 is 23.8 Å². The number of benzene rings is 2. The summed E-state index contributed by atoms with van der Waals surface area (Å²) in [6, 6.07) is 14.8. The maximum Gasteiger partial charge on any atom is 0.304 e. The van der Waals surface area contributed by atoms with Crippen LogP contribution in [0.5, 0.6) is 11.5 Å². The van der Waals surface area contributed by atoms with Gasteiger partial charge in [0.1, 0.15) is 23.9 Å². The molecule has 0 atom stereocenters. The molecular formula is C26H26FNO4S. The van der Waals surface area contributed by atoms with E-state index in [0.29, 0.717) is 25.3 Å². The van der Waals surface area contributed by atoms with Gasteiger partial charge < -0.3 is 19.5 Å². The van der Waals surface area contributed by atoms with E-state index in [4.69, 9.17) is 14.6 Å². The maximum absolute atomic E-state index is 14.0. The van der Waals surface area contributed by atoms with Crippen LogP contribution in [0.25, 0.3) is 11.1 Å². The Morgan fingerprint density at radius 1 is 1.18 bits per heavy atom. The summed E-state index contributed by atoms with van der Waals surface area (Å²) >= 11 is 1.56. The van der Waals surface area contributed by atoms with Crippen LogP contribution in [-0.2, 0) is 16.8 Å². The molecular weight excluding hydrogens is 441 g/mol. The van der Waals surface area contributed by atoms with Gasteiger partial charge in [-0.2, -0.15) is 0 Å². The van der Waals surface area contributed by atoms with Crippen LogP contribution >= 0.6 is 11.3 Å². The fourth-order valence-corrected chi connectivity index (χ4v) is 5.56.